The molecule has 2 rings (SSSR count). The third-order valence-electron chi connectivity index (χ3n) is 2.54. The van der Waals surface area contributed by atoms with Gasteiger partial charge in [0.1, 0.15) is 5.01 Å². The van der Waals surface area contributed by atoms with Gasteiger partial charge in [0.2, 0.25) is 0 Å². The van der Waals surface area contributed by atoms with Crippen LogP contribution < -0.4 is 0 Å². The fraction of sp³-hybridized carbons (Fsp3) is 0.308. The highest BCUT2D eigenvalue weighted by Gasteiger charge is 2.19. The molecule has 0 radical (unpaired) electrons. The molecule has 0 bridgehead atoms. The standard InChI is InChI=1S/C13H15NS/c1-10(2)12(13-14-8-9-15-13)11-6-4-3-5-7-11/h3-10,12H,1-2H3. The maximum atomic E-state index is 4.43. The number of benzene rings is 1. The van der Waals surface area contributed by atoms with Crippen molar-refractivity contribution in [2.24, 2.45) is 5.92 Å². The molecule has 0 fully saturated rings. The van der Waals surface area contributed by atoms with Crippen LogP contribution >= 0.6 is 11.3 Å². The molecule has 1 nitrogen and oxygen atoms in total. The van der Waals surface area contributed by atoms with Crippen LogP contribution in [-0.2, 0) is 0 Å². The van der Waals surface area contributed by atoms with Gasteiger partial charge in [-0.15, -0.1) is 11.3 Å². The Morgan fingerprint density at radius 1 is 1.13 bits per heavy atom. The Morgan fingerprint density at radius 2 is 1.87 bits per heavy atom. The van der Waals surface area contributed by atoms with Gasteiger partial charge in [-0.3, -0.25) is 0 Å². The van der Waals surface area contributed by atoms with E-state index in [9.17, 15) is 0 Å². The summed E-state index contributed by atoms with van der Waals surface area (Å²) in [6, 6.07) is 10.6. The topological polar surface area (TPSA) is 12.9 Å². The van der Waals surface area contributed by atoms with Crippen molar-refractivity contribution in [3.8, 4) is 0 Å². The second kappa shape index (κ2) is 4.58. The summed E-state index contributed by atoms with van der Waals surface area (Å²) in [5, 5.41) is 3.27. The normalized spacial score (nSPS) is 13.0. The summed E-state index contributed by atoms with van der Waals surface area (Å²) in [4.78, 5) is 4.43. The Bertz CT molecular complexity index is 392. The summed E-state index contributed by atoms with van der Waals surface area (Å²) in [6.45, 7) is 4.50. The van der Waals surface area contributed by atoms with Crippen molar-refractivity contribution < 1.29 is 0 Å². The number of nitrogens with zero attached hydrogens (tertiary/aromatic N) is 1. The van der Waals surface area contributed by atoms with Crippen LogP contribution in [0.4, 0.5) is 0 Å². The van der Waals surface area contributed by atoms with E-state index in [-0.39, 0.29) is 0 Å². The second-order valence-corrected chi connectivity index (χ2v) is 4.93. The molecule has 1 aromatic carbocycles. The molecule has 1 heterocycles. The number of hydrogen-bond acceptors (Lipinski definition) is 2. The van der Waals surface area contributed by atoms with Gasteiger partial charge in [0, 0.05) is 17.5 Å². The van der Waals surface area contributed by atoms with E-state index in [0.717, 1.165) is 0 Å². The maximum absolute atomic E-state index is 4.43. The van der Waals surface area contributed by atoms with Gasteiger partial charge in [-0.1, -0.05) is 44.2 Å². The molecule has 0 spiro atoms. The lowest BCUT2D eigenvalue weighted by Gasteiger charge is -2.18. The minimum atomic E-state index is 0.436. The lowest BCUT2D eigenvalue weighted by atomic mass is 9.89. The summed E-state index contributed by atoms with van der Waals surface area (Å²) in [7, 11) is 0. The lowest BCUT2D eigenvalue weighted by Crippen LogP contribution is -2.07. The lowest BCUT2D eigenvalue weighted by molar-refractivity contribution is 0.561. The van der Waals surface area contributed by atoms with Gasteiger partial charge < -0.3 is 0 Å². The number of rotatable bonds is 3. The molecule has 0 saturated carbocycles. The molecule has 0 aliphatic heterocycles. The van der Waals surface area contributed by atoms with E-state index in [1.807, 2.05) is 11.6 Å². The molecule has 1 unspecified atom stereocenters. The highest BCUT2D eigenvalue weighted by Crippen LogP contribution is 2.32. The summed E-state index contributed by atoms with van der Waals surface area (Å²) < 4.78 is 0. The van der Waals surface area contributed by atoms with E-state index in [4.69, 9.17) is 0 Å². The molecule has 0 N–H and O–H groups in total. The fourth-order valence-corrected chi connectivity index (χ4v) is 2.80. The molecule has 2 aromatic rings. The van der Waals surface area contributed by atoms with Crippen LogP contribution in [0.15, 0.2) is 41.9 Å². The molecule has 0 saturated heterocycles. The zero-order valence-electron chi connectivity index (χ0n) is 9.05. The zero-order valence-corrected chi connectivity index (χ0v) is 9.87. The van der Waals surface area contributed by atoms with Gasteiger partial charge in [-0.2, -0.15) is 0 Å². The highest BCUT2D eigenvalue weighted by molar-refractivity contribution is 7.09. The van der Waals surface area contributed by atoms with Gasteiger partial charge in [0.05, 0.1) is 0 Å². The Labute approximate surface area is 94.8 Å². The minimum Gasteiger partial charge on any atom is -0.249 e. The minimum absolute atomic E-state index is 0.436. The Hall–Kier alpha value is -1.15. The van der Waals surface area contributed by atoms with E-state index in [2.05, 4.69) is 49.2 Å². The summed E-state index contributed by atoms with van der Waals surface area (Å²) in [5.41, 5.74) is 1.36. The van der Waals surface area contributed by atoms with E-state index in [1.165, 1.54) is 10.6 Å². The predicted molar refractivity (Wildman–Crippen MR) is 65.2 cm³/mol. The highest BCUT2D eigenvalue weighted by atomic mass is 32.1. The van der Waals surface area contributed by atoms with E-state index >= 15 is 0 Å². The van der Waals surface area contributed by atoms with Crippen molar-refractivity contribution in [1.82, 2.24) is 4.98 Å². The van der Waals surface area contributed by atoms with Gasteiger partial charge in [-0.25, -0.2) is 4.98 Å². The van der Waals surface area contributed by atoms with Crippen molar-refractivity contribution in [1.29, 1.82) is 0 Å². The third-order valence-corrected chi connectivity index (χ3v) is 3.40. The predicted octanol–water partition coefficient (Wildman–Crippen LogP) is 3.93. The van der Waals surface area contributed by atoms with Gasteiger partial charge in [-0.05, 0) is 11.5 Å². The SMILES string of the molecule is CC(C)C(c1ccccc1)c1nccs1. The number of thiazole rings is 1. The smallest absolute Gasteiger partial charge is 0.100 e. The van der Waals surface area contributed by atoms with Crippen molar-refractivity contribution in [3.05, 3.63) is 52.5 Å². The van der Waals surface area contributed by atoms with Crippen LogP contribution in [0.2, 0.25) is 0 Å². The van der Waals surface area contributed by atoms with Crippen LogP contribution in [0.25, 0.3) is 0 Å². The molecule has 1 atom stereocenters. The van der Waals surface area contributed by atoms with Gasteiger partial charge in [0.25, 0.3) is 0 Å². The van der Waals surface area contributed by atoms with Crippen molar-refractivity contribution in [3.63, 3.8) is 0 Å². The quantitative estimate of drug-likeness (QED) is 0.759. The third kappa shape index (κ3) is 2.26. The Balaban J connectivity index is 2.37. The van der Waals surface area contributed by atoms with Crippen LogP contribution in [0.5, 0.6) is 0 Å². The first-order valence-electron chi connectivity index (χ1n) is 5.23. The molecule has 0 aliphatic rings. The summed E-state index contributed by atoms with van der Waals surface area (Å²) in [6.07, 6.45) is 1.89. The maximum Gasteiger partial charge on any atom is 0.100 e. The molecular weight excluding hydrogens is 202 g/mol. The first-order valence-corrected chi connectivity index (χ1v) is 6.11. The average molecular weight is 217 g/mol. The molecule has 0 amide bonds. The van der Waals surface area contributed by atoms with Crippen LogP contribution in [0.3, 0.4) is 0 Å². The van der Waals surface area contributed by atoms with E-state index in [1.54, 1.807) is 11.3 Å². The molecule has 1 aromatic heterocycles. The Kier molecular flexibility index (Phi) is 3.17. The first-order chi connectivity index (χ1) is 7.29. The molecular formula is C13H15NS. The molecule has 15 heavy (non-hydrogen) atoms. The van der Waals surface area contributed by atoms with E-state index in [0.29, 0.717) is 11.8 Å². The van der Waals surface area contributed by atoms with Crippen molar-refractivity contribution in [2.75, 3.05) is 0 Å². The number of hydrogen-bond donors (Lipinski definition) is 0. The number of aromatic nitrogens is 1. The zero-order chi connectivity index (χ0) is 10.7. The molecule has 2 heteroatoms. The Morgan fingerprint density at radius 3 is 2.40 bits per heavy atom. The monoisotopic (exact) mass is 217 g/mol. The van der Waals surface area contributed by atoms with Gasteiger partial charge >= 0.3 is 0 Å². The largest absolute Gasteiger partial charge is 0.249 e. The van der Waals surface area contributed by atoms with Crippen molar-refractivity contribution in [2.45, 2.75) is 19.8 Å². The van der Waals surface area contributed by atoms with Crippen LogP contribution in [0, 0.1) is 5.92 Å². The first kappa shape index (κ1) is 10.4. The summed E-state index contributed by atoms with van der Waals surface area (Å²) >= 11 is 1.74. The fourth-order valence-electron chi connectivity index (χ4n) is 1.86. The van der Waals surface area contributed by atoms with Crippen molar-refractivity contribution >= 4 is 11.3 Å². The summed E-state index contributed by atoms with van der Waals surface area (Å²) in [5.74, 6) is 1.02. The van der Waals surface area contributed by atoms with E-state index < -0.39 is 0 Å². The second-order valence-electron chi connectivity index (χ2n) is 4.00. The van der Waals surface area contributed by atoms with Gasteiger partial charge in [0.15, 0.2) is 0 Å². The van der Waals surface area contributed by atoms with Crippen LogP contribution in [0.1, 0.15) is 30.3 Å². The average Bonchev–Trinajstić information content (AvgIpc) is 2.72. The van der Waals surface area contributed by atoms with Crippen LogP contribution in [-0.4, -0.2) is 4.98 Å². The molecule has 78 valence electrons. The molecule has 0 aliphatic carbocycles.